The second-order valence-corrected chi connectivity index (χ2v) is 4.47. The van der Waals surface area contributed by atoms with Gasteiger partial charge in [-0.1, -0.05) is 6.92 Å². The molecule has 0 spiro atoms. The number of hydrogen-bond donors (Lipinski definition) is 1. The summed E-state index contributed by atoms with van der Waals surface area (Å²) in [6.45, 7) is 3.43. The molecule has 0 aromatic heterocycles. The van der Waals surface area contributed by atoms with Crippen LogP contribution in [-0.2, 0) is 14.2 Å². The Kier molecular flexibility index (Phi) is 6.96. The largest absolute Gasteiger partial charge is 0.396 e. The zero-order valence-electron chi connectivity index (χ0n) is 10.4. The van der Waals surface area contributed by atoms with Gasteiger partial charge in [-0.3, -0.25) is 0 Å². The van der Waals surface area contributed by atoms with E-state index in [0.717, 1.165) is 19.3 Å². The van der Waals surface area contributed by atoms with E-state index < -0.39 is 0 Å². The Balaban J connectivity index is 2.18. The van der Waals surface area contributed by atoms with Gasteiger partial charge in [0.15, 0.2) is 0 Å². The minimum absolute atomic E-state index is 0.210. The van der Waals surface area contributed by atoms with E-state index in [4.69, 9.17) is 19.3 Å². The summed E-state index contributed by atoms with van der Waals surface area (Å²) >= 11 is 0. The molecule has 1 N–H and O–H groups in total. The molecular weight excluding hydrogens is 208 g/mol. The smallest absolute Gasteiger partial charge is 0.146 e. The van der Waals surface area contributed by atoms with Crippen LogP contribution in [0.15, 0.2) is 0 Å². The Bertz CT molecular complexity index is 174. The second-order valence-electron chi connectivity index (χ2n) is 4.47. The van der Waals surface area contributed by atoms with Gasteiger partial charge >= 0.3 is 0 Å². The van der Waals surface area contributed by atoms with Crippen LogP contribution in [0.25, 0.3) is 0 Å². The molecular formula is C12H24O4. The number of hydrogen-bond acceptors (Lipinski definition) is 4. The van der Waals surface area contributed by atoms with Crippen LogP contribution in [0.2, 0.25) is 0 Å². The van der Waals surface area contributed by atoms with Crippen molar-refractivity contribution in [2.75, 3.05) is 27.1 Å². The van der Waals surface area contributed by atoms with Gasteiger partial charge in [0.2, 0.25) is 0 Å². The van der Waals surface area contributed by atoms with Crippen molar-refractivity contribution in [1.29, 1.82) is 0 Å². The Morgan fingerprint density at radius 2 is 2.12 bits per heavy atom. The molecule has 0 aliphatic carbocycles. The summed E-state index contributed by atoms with van der Waals surface area (Å²) in [5.74, 6) is 0.559. The van der Waals surface area contributed by atoms with E-state index in [1.807, 2.05) is 0 Å². The summed E-state index contributed by atoms with van der Waals surface area (Å²) in [6.07, 6.45) is 4.43. The first-order valence-corrected chi connectivity index (χ1v) is 6.11. The van der Waals surface area contributed by atoms with Crippen LogP contribution >= 0.6 is 0 Å². The number of rotatable bonds is 7. The van der Waals surface area contributed by atoms with Crippen molar-refractivity contribution in [3.63, 3.8) is 0 Å². The summed E-state index contributed by atoms with van der Waals surface area (Å²) in [5.41, 5.74) is 0. The molecule has 96 valence electrons. The first-order valence-electron chi connectivity index (χ1n) is 6.11. The van der Waals surface area contributed by atoms with Crippen molar-refractivity contribution in [3.8, 4) is 0 Å². The van der Waals surface area contributed by atoms with Crippen molar-refractivity contribution < 1.29 is 19.3 Å². The van der Waals surface area contributed by atoms with Gasteiger partial charge in [0.05, 0.1) is 18.8 Å². The summed E-state index contributed by atoms with van der Waals surface area (Å²) in [5, 5.41) is 8.95. The molecule has 1 rings (SSSR count). The van der Waals surface area contributed by atoms with Crippen molar-refractivity contribution >= 4 is 0 Å². The Morgan fingerprint density at radius 1 is 1.31 bits per heavy atom. The number of aliphatic hydroxyl groups is 1. The SMILES string of the molecule is COCOCC[C@@H]1CC[C@H](C)[C@@H](CCO)O1. The summed E-state index contributed by atoms with van der Waals surface area (Å²) < 4.78 is 16.0. The van der Waals surface area contributed by atoms with Crippen LogP contribution in [0, 0.1) is 5.92 Å². The van der Waals surface area contributed by atoms with Crippen molar-refractivity contribution in [3.05, 3.63) is 0 Å². The molecule has 3 atom stereocenters. The lowest BCUT2D eigenvalue weighted by molar-refractivity contribution is -0.104. The van der Waals surface area contributed by atoms with E-state index in [1.54, 1.807) is 7.11 Å². The lowest BCUT2D eigenvalue weighted by atomic mass is 9.91. The lowest BCUT2D eigenvalue weighted by Gasteiger charge is -2.34. The van der Waals surface area contributed by atoms with Crippen LogP contribution in [0.5, 0.6) is 0 Å². The van der Waals surface area contributed by atoms with Crippen molar-refractivity contribution in [1.82, 2.24) is 0 Å². The molecule has 1 aliphatic heterocycles. The van der Waals surface area contributed by atoms with Crippen LogP contribution < -0.4 is 0 Å². The maximum absolute atomic E-state index is 8.95. The molecule has 1 saturated heterocycles. The van der Waals surface area contributed by atoms with Gasteiger partial charge in [-0.05, 0) is 31.6 Å². The minimum Gasteiger partial charge on any atom is -0.396 e. The fraction of sp³-hybridized carbons (Fsp3) is 1.00. The highest BCUT2D eigenvalue weighted by atomic mass is 16.7. The first-order chi connectivity index (χ1) is 7.77. The highest BCUT2D eigenvalue weighted by molar-refractivity contribution is 4.76. The average molecular weight is 232 g/mol. The quantitative estimate of drug-likeness (QED) is 0.534. The minimum atomic E-state index is 0.210. The van der Waals surface area contributed by atoms with Gasteiger partial charge in [-0.25, -0.2) is 0 Å². The molecule has 1 aliphatic rings. The molecule has 16 heavy (non-hydrogen) atoms. The van der Waals surface area contributed by atoms with Crippen molar-refractivity contribution in [2.24, 2.45) is 5.92 Å². The van der Waals surface area contributed by atoms with E-state index in [2.05, 4.69) is 6.92 Å². The number of ether oxygens (including phenoxy) is 3. The highest BCUT2D eigenvalue weighted by Crippen LogP contribution is 2.27. The van der Waals surface area contributed by atoms with Crippen molar-refractivity contribution in [2.45, 2.75) is 44.8 Å². The van der Waals surface area contributed by atoms with Gasteiger partial charge in [0.25, 0.3) is 0 Å². The Labute approximate surface area is 97.9 Å². The van der Waals surface area contributed by atoms with E-state index in [0.29, 0.717) is 19.3 Å². The lowest BCUT2D eigenvalue weighted by Crippen LogP contribution is -2.35. The zero-order chi connectivity index (χ0) is 11.8. The molecule has 0 bridgehead atoms. The molecule has 1 fully saturated rings. The normalized spacial score (nSPS) is 30.6. The van der Waals surface area contributed by atoms with E-state index >= 15 is 0 Å². The maximum Gasteiger partial charge on any atom is 0.146 e. The van der Waals surface area contributed by atoms with Gasteiger partial charge in [-0.2, -0.15) is 0 Å². The molecule has 4 nitrogen and oxygen atoms in total. The van der Waals surface area contributed by atoms with Crippen LogP contribution in [0.4, 0.5) is 0 Å². The summed E-state index contributed by atoms with van der Waals surface area (Å²) in [6, 6.07) is 0. The third kappa shape index (κ3) is 4.78. The fourth-order valence-electron chi connectivity index (χ4n) is 2.13. The third-order valence-corrected chi connectivity index (χ3v) is 3.14. The monoisotopic (exact) mass is 232 g/mol. The van der Waals surface area contributed by atoms with Gasteiger partial charge in [0, 0.05) is 13.7 Å². The summed E-state index contributed by atoms with van der Waals surface area (Å²) in [7, 11) is 1.62. The van der Waals surface area contributed by atoms with E-state index in [1.165, 1.54) is 6.42 Å². The molecule has 1 heterocycles. The molecule has 0 aromatic carbocycles. The summed E-state index contributed by atoms with van der Waals surface area (Å²) in [4.78, 5) is 0. The molecule has 0 unspecified atom stereocenters. The third-order valence-electron chi connectivity index (χ3n) is 3.14. The van der Waals surface area contributed by atoms with Gasteiger partial charge in [0.1, 0.15) is 6.79 Å². The fourth-order valence-corrected chi connectivity index (χ4v) is 2.13. The Morgan fingerprint density at radius 3 is 2.81 bits per heavy atom. The predicted octanol–water partition coefficient (Wildman–Crippen LogP) is 1.56. The van der Waals surface area contributed by atoms with Gasteiger partial charge < -0.3 is 19.3 Å². The molecule has 0 amide bonds. The van der Waals surface area contributed by atoms with E-state index in [-0.39, 0.29) is 18.8 Å². The van der Waals surface area contributed by atoms with Crippen LogP contribution in [-0.4, -0.2) is 44.4 Å². The highest BCUT2D eigenvalue weighted by Gasteiger charge is 2.27. The van der Waals surface area contributed by atoms with Crippen LogP contribution in [0.1, 0.15) is 32.6 Å². The molecule has 0 aromatic rings. The molecule has 4 heteroatoms. The number of aliphatic hydroxyl groups excluding tert-OH is 1. The topological polar surface area (TPSA) is 47.9 Å². The Hall–Kier alpha value is -0.160. The zero-order valence-corrected chi connectivity index (χ0v) is 10.4. The first kappa shape index (κ1) is 13.9. The van der Waals surface area contributed by atoms with E-state index in [9.17, 15) is 0 Å². The van der Waals surface area contributed by atoms with Crippen LogP contribution in [0.3, 0.4) is 0 Å². The second kappa shape index (κ2) is 8.01. The van der Waals surface area contributed by atoms with Gasteiger partial charge in [-0.15, -0.1) is 0 Å². The predicted molar refractivity (Wildman–Crippen MR) is 61.2 cm³/mol. The molecule has 0 radical (unpaired) electrons. The number of methoxy groups -OCH3 is 1. The average Bonchev–Trinajstić information content (AvgIpc) is 2.29. The molecule has 0 saturated carbocycles. The standard InChI is InChI=1S/C12H24O4/c1-10-3-4-11(6-8-15-9-14-2)16-12(10)5-7-13/h10-13H,3-9H2,1-2H3/t10-,11-,12+/m0/s1. The maximum atomic E-state index is 8.95.